The summed E-state index contributed by atoms with van der Waals surface area (Å²) in [5, 5.41) is 0. The molecule has 19 heavy (non-hydrogen) atoms. The first-order chi connectivity index (χ1) is 9.14. The molecular weight excluding hydrogens is 236 g/mol. The van der Waals surface area contributed by atoms with Gasteiger partial charge in [-0.3, -0.25) is 9.80 Å². The Kier molecular flexibility index (Phi) is 3.87. The molecule has 3 saturated heterocycles. The van der Waals surface area contributed by atoms with Gasteiger partial charge in [0.1, 0.15) is 0 Å². The quantitative estimate of drug-likeness (QED) is 0.793. The van der Waals surface area contributed by atoms with E-state index in [1.54, 1.807) is 0 Å². The van der Waals surface area contributed by atoms with Crippen molar-refractivity contribution in [2.24, 2.45) is 5.73 Å². The first-order valence-corrected chi connectivity index (χ1v) is 8.04. The van der Waals surface area contributed by atoms with Gasteiger partial charge in [0.2, 0.25) is 0 Å². The van der Waals surface area contributed by atoms with Crippen LogP contribution >= 0.6 is 0 Å². The van der Waals surface area contributed by atoms with Crippen LogP contribution in [0.1, 0.15) is 32.6 Å². The number of piperazine rings is 1. The number of fused-ring (bicyclic) bond motifs is 1. The Hall–Kier alpha value is -0.160. The first-order valence-electron chi connectivity index (χ1n) is 8.04. The van der Waals surface area contributed by atoms with Crippen molar-refractivity contribution < 1.29 is 0 Å². The third kappa shape index (κ3) is 2.44. The van der Waals surface area contributed by atoms with Gasteiger partial charge in [0.15, 0.2) is 0 Å². The topological polar surface area (TPSA) is 35.7 Å². The zero-order valence-electron chi connectivity index (χ0n) is 12.6. The van der Waals surface area contributed by atoms with Crippen molar-refractivity contribution in [3.8, 4) is 0 Å². The lowest BCUT2D eigenvalue weighted by atomic mass is 9.90. The van der Waals surface area contributed by atoms with E-state index in [-0.39, 0.29) is 5.54 Å². The van der Waals surface area contributed by atoms with Gasteiger partial charge in [-0.25, -0.2) is 0 Å². The van der Waals surface area contributed by atoms with Crippen molar-refractivity contribution >= 4 is 0 Å². The summed E-state index contributed by atoms with van der Waals surface area (Å²) in [7, 11) is 2.25. The molecule has 0 aliphatic carbocycles. The zero-order chi connectivity index (χ0) is 13.5. The predicted octanol–water partition coefficient (Wildman–Crippen LogP) is 0.578. The normalized spacial score (nSPS) is 42.5. The third-order valence-electron chi connectivity index (χ3n) is 5.86. The van der Waals surface area contributed by atoms with Crippen LogP contribution in [0, 0.1) is 0 Å². The highest BCUT2D eigenvalue weighted by molar-refractivity contribution is 5.04. The van der Waals surface area contributed by atoms with E-state index in [4.69, 9.17) is 5.73 Å². The number of hydrogen-bond donors (Lipinski definition) is 1. The molecule has 110 valence electrons. The lowest BCUT2D eigenvalue weighted by molar-refractivity contribution is -0.00691. The van der Waals surface area contributed by atoms with Gasteiger partial charge in [0.05, 0.1) is 0 Å². The molecule has 3 fully saturated rings. The van der Waals surface area contributed by atoms with E-state index < -0.39 is 0 Å². The molecule has 4 heteroatoms. The average molecular weight is 266 g/mol. The summed E-state index contributed by atoms with van der Waals surface area (Å²) < 4.78 is 0. The molecular formula is C15H30N4. The Balaban J connectivity index is 1.71. The number of nitrogens with zero attached hydrogens (tertiary/aromatic N) is 3. The molecule has 3 atom stereocenters. The van der Waals surface area contributed by atoms with Crippen LogP contribution in [0.4, 0.5) is 0 Å². The van der Waals surface area contributed by atoms with Crippen LogP contribution in [-0.4, -0.2) is 78.6 Å². The fourth-order valence-corrected chi connectivity index (χ4v) is 4.48. The maximum Gasteiger partial charge on any atom is 0.0474 e. The standard InChI is InChI=1S/C15H30N4/c1-13-9-15(11-16,12-17(13)2)19-8-7-18-6-4-3-5-14(18)10-19/h13-14H,3-12,16H2,1-2H3. The molecule has 3 heterocycles. The summed E-state index contributed by atoms with van der Waals surface area (Å²) in [6, 6.07) is 1.47. The highest BCUT2D eigenvalue weighted by Crippen LogP contribution is 2.33. The summed E-state index contributed by atoms with van der Waals surface area (Å²) in [5.41, 5.74) is 6.46. The van der Waals surface area contributed by atoms with Gasteiger partial charge < -0.3 is 10.6 Å². The predicted molar refractivity (Wildman–Crippen MR) is 79.3 cm³/mol. The highest BCUT2D eigenvalue weighted by atomic mass is 15.4. The first kappa shape index (κ1) is 13.8. The molecule has 0 saturated carbocycles. The van der Waals surface area contributed by atoms with Crippen molar-refractivity contribution in [1.29, 1.82) is 0 Å². The fraction of sp³-hybridized carbons (Fsp3) is 1.00. The van der Waals surface area contributed by atoms with Gasteiger partial charge in [-0.1, -0.05) is 6.42 Å². The van der Waals surface area contributed by atoms with E-state index in [1.807, 2.05) is 0 Å². The van der Waals surface area contributed by atoms with Crippen LogP contribution in [-0.2, 0) is 0 Å². The SMILES string of the molecule is CC1CC(CN)(N2CCN3CCCCC3C2)CN1C. The van der Waals surface area contributed by atoms with Crippen molar-refractivity contribution in [2.75, 3.05) is 46.3 Å². The highest BCUT2D eigenvalue weighted by Gasteiger charge is 2.46. The lowest BCUT2D eigenvalue weighted by Gasteiger charge is -2.50. The molecule has 3 aliphatic rings. The van der Waals surface area contributed by atoms with Crippen LogP contribution < -0.4 is 5.73 Å². The summed E-state index contributed by atoms with van der Waals surface area (Å²) in [5.74, 6) is 0. The van der Waals surface area contributed by atoms with Crippen LogP contribution in [0.25, 0.3) is 0 Å². The Morgan fingerprint density at radius 3 is 2.74 bits per heavy atom. The Morgan fingerprint density at radius 2 is 2.05 bits per heavy atom. The number of rotatable bonds is 2. The second-order valence-electron chi connectivity index (χ2n) is 7.03. The van der Waals surface area contributed by atoms with Crippen molar-refractivity contribution in [3.63, 3.8) is 0 Å². The summed E-state index contributed by atoms with van der Waals surface area (Å²) in [4.78, 5) is 7.94. The minimum absolute atomic E-state index is 0.248. The Bertz CT molecular complexity index is 309. The number of likely N-dealkylation sites (N-methyl/N-ethyl adjacent to an activating group) is 1. The molecule has 3 rings (SSSR count). The Labute approximate surface area is 117 Å². The minimum atomic E-state index is 0.248. The third-order valence-corrected chi connectivity index (χ3v) is 5.86. The molecule has 2 N–H and O–H groups in total. The molecule has 0 spiro atoms. The number of likely N-dealkylation sites (tertiary alicyclic amines) is 1. The van der Waals surface area contributed by atoms with Crippen molar-refractivity contribution in [3.05, 3.63) is 0 Å². The van der Waals surface area contributed by atoms with Gasteiger partial charge in [-0.2, -0.15) is 0 Å². The molecule has 0 radical (unpaired) electrons. The van der Waals surface area contributed by atoms with E-state index >= 15 is 0 Å². The summed E-state index contributed by atoms with van der Waals surface area (Å²) in [6.07, 6.45) is 5.45. The maximum atomic E-state index is 6.21. The van der Waals surface area contributed by atoms with Crippen LogP contribution in [0.2, 0.25) is 0 Å². The van der Waals surface area contributed by atoms with Crippen LogP contribution in [0.15, 0.2) is 0 Å². The molecule has 3 aliphatic heterocycles. The largest absolute Gasteiger partial charge is 0.329 e. The van der Waals surface area contributed by atoms with Crippen LogP contribution in [0.3, 0.4) is 0 Å². The van der Waals surface area contributed by atoms with Crippen molar-refractivity contribution in [1.82, 2.24) is 14.7 Å². The van der Waals surface area contributed by atoms with E-state index in [0.29, 0.717) is 6.04 Å². The second kappa shape index (κ2) is 5.32. The van der Waals surface area contributed by atoms with E-state index in [9.17, 15) is 0 Å². The molecule has 0 aromatic heterocycles. The number of piperidine rings is 1. The molecule has 3 unspecified atom stereocenters. The van der Waals surface area contributed by atoms with Gasteiger partial charge in [0.25, 0.3) is 0 Å². The van der Waals surface area contributed by atoms with Crippen LogP contribution in [0.5, 0.6) is 0 Å². The van der Waals surface area contributed by atoms with Gasteiger partial charge >= 0.3 is 0 Å². The summed E-state index contributed by atoms with van der Waals surface area (Å²) in [6.45, 7) is 9.35. The molecule has 0 amide bonds. The molecule has 4 nitrogen and oxygen atoms in total. The minimum Gasteiger partial charge on any atom is -0.329 e. The summed E-state index contributed by atoms with van der Waals surface area (Å²) >= 11 is 0. The van der Waals surface area contributed by atoms with Gasteiger partial charge in [0, 0.05) is 50.3 Å². The average Bonchev–Trinajstić information content (AvgIpc) is 2.75. The number of hydrogen-bond acceptors (Lipinski definition) is 4. The van der Waals surface area contributed by atoms with Gasteiger partial charge in [-0.05, 0) is 39.8 Å². The van der Waals surface area contributed by atoms with E-state index in [1.165, 1.54) is 51.9 Å². The molecule has 0 bridgehead atoms. The lowest BCUT2D eigenvalue weighted by Crippen LogP contribution is -2.64. The monoisotopic (exact) mass is 266 g/mol. The smallest absolute Gasteiger partial charge is 0.0474 e. The second-order valence-corrected chi connectivity index (χ2v) is 7.03. The van der Waals surface area contributed by atoms with E-state index in [2.05, 4.69) is 28.7 Å². The fourth-order valence-electron chi connectivity index (χ4n) is 4.48. The zero-order valence-corrected chi connectivity index (χ0v) is 12.6. The molecule has 0 aromatic carbocycles. The maximum absolute atomic E-state index is 6.21. The van der Waals surface area contributed by atoms with E-state index in [0.717, 1.165) is 19.1 Å². The van der Waals surface area contributed by atoms with Crippen molar-refractivity contribution in [2.45, 2.75) is 50.2 Å². The Morgan fingerprint density at radius 1 is 1.21 bits per heavy atom. The van der Waals surface area contributed by atoms with Gasteiger partial charge in [-0.15, -0.1) is 0 Å². The number of nitrogens with two attached hydrogens (primary N) is 1. The molecule has 0 aromatic rings.